The van der Waals surface area contributed by atoms with Gasteiger partial charge in [0.2, 0.25) is 0 Å². The van der Waals surface area contributed by atoms with Crippen LogP contribution in [0.3, 0.4) is 0 Å². The zero-order valence-corrected chi connectivity index (χ0v) is 12.5. The van der Waals surface area contributed by atoms with Gasteiger partial charge in [-0.05, 0) is 49.4 Å². The van der Waals surface area contributed by atoms with Gasteiger partial charge in [-0.3, -0.25) is 4.90 Å². The smallest absolute Gasteiger partial charge is 0.119 e. The Bertz CT molecular complexity index is 382. The predicted octanol–water partition coefficient (Wildman–Crippen LogP) is 2.49. The number of aliphatic hydroxyl groups is 1. The van der Waals surface area contributed by atoms with E-state index in [1.807, 2.05) is 12.1 Å². The standard InChI is InChI=1S/C15H23NO2S/c1-12-7-8-16(11-15(12)17)9-10-18-13-3-5-14(19-2)6-4-13/h3-6,12,15,17H,7-11H2,1-2H3. The van der Waals surface area contributed by atoms with Gasteiger partial charge in [-0.25, -0.2) is 0 Å². The van der Waals surface area contributed by atoms with Crippen LogP contribution in [0, 0.1) is 5.92 Å². The third-order valence-corrected chi connectivity index (χ3v) is 4.48. The normalized spacial score (nSPS) is 24.4. The summed E-state index contributed by atoms with van der Waals surface area (Å²) in [6.07, 6.45) is 2.96. The van der Waals surface area contributed by atoms with E-state index in [0.29, 0.717) is 12.5 Å². The molecule has 0 amide bonds. The third-order valence-electron chi connectivity index (χ3n) is 3.74. The Morgan fingerprint density at radius 3 is 2.74 bits per heavy atom. The van der Waals surface area contributed by atoms with Crippen molar-refractivity contribution in [1.82, 2.24) is 4.90 Å². The average Bonchev–Trinajstić information content (AvgIpc) is 2.43. The number of benzene rings is 1. The molecule has 0 aromatic heterocycles. The first-order chi connectivity index (χ1) is 9.19. The van der Waals surface area contributed by atoms with Crippen molar-refractivity contribution in [1.29, 1.82) is 0 Å². The maximum atomic E-state index is 9.84. The molecule has 1 heterocycles. The monoisotopic (exact) mass is 281 g/mol. The van der Waals surface area contributed by atoms with E-state index < -0.39 is 0 Å². The first-order valence-electron chi connectivity index (χ1n) is 6.86. The van der Waals surface area contributed by atoms with Crippen molar-refractivity contribution >= 4 is 11.8 Å². The summed E-state index contributed by atoms with van der Waals surface area (Å²) in [5, 5.41) is 9.84. The molecule has 1 aromatic carbocycles. The van der Waals surface area contributed by atoms with E-state index in [1.54, 1.807) is 11.8 Å². The molecule has 0 bridgehead atoms. The molecule has 2 atom stereocenters. The summed E-state index contributed by atoms with van der Waals surface area (Å²) in [4.78, 5) is 3.53. The highest BCUT2D eigenvalue weighted by Gasteiger charge is 2.23. The van der Waals surface area contributed by atoms with Crippen molar-refractivity contribution in [3.05, 3.63) is 24.3 Å². The fourth-order valence-electron chi connectivity index (χ4n) is 2.28. The van der Waals surface area contributed by atoms with Gasteiger partial charge in [0.25, 0.3) is 0 Å². The number of likely N-dealkylation sites (tertiary alicyclic amines) is 1. The molecule has 1 aliphatic heterocycles. The van der Waals surface area contributed by atoms with Gasteiger partial charge in [0.15, 0.2) is 0 Å². The molecule has 0 spiro atoms. The Balaban J connectivity index is 1.71. The van der Waals surface area contributed by atoms with Crippen LogP contribution in [-0.4, -0.2) is 48.6 Å². The van der Waals surface area contributed by atoms with Crippen LogP contribution in [0.4, 0.5) is 0 Å². The number of aliphatic hydroxyl groups excluding tert-OH is 1. The quantitative estimate of drug-likeness (QED) is 0.841. The second-order valence-corrected chi connectivity index (χ2v) is 6.04. The van der Waals surface area contributed by atoms with Crippen LogP contribution < -0.4 is 4.74 Å². The van der Waals surface area contributed by atoms with Gasteiger partial charge >= 0.3 is 0 Å². The predicted molar refractivity (Wildman–Crippen MR) is 79.9 cm³/mol. The Morgan fingerprint density at radius 2 is 2.11 bits per heavy atom. The molecule has 106 valence electrons. The van der Waals surface area contributed by atoms with Crippen LogP contribution in [0.2, 0.25) is 0 Å². The minimum atomic E-state index is -0.186. The van der Waals surface area contributed by atoms with Crippen LogP contribution in [0.15, 0.2) is 29.2 Å². The van der Waals surface area contributed by atoms with Gasteiger partial charge in [-0.1, -0.05) is 6.92 Å². The van der Waals surface area contributed by atoms with E-state index >= 15 is 0 Å². The Labute approximate surface area is 120 Å². The number of β-amino-alcohol motifs (C(OH)–C–C–N with tert-alkyl or cyclic N) is 1. The van der Waals surface area contributed by atoms with Crippen LogP contribution in [-0.2, 0) is 0 Å². The average molecular weight is 281 g/mol. The van der Waals surface area contributed by atoms with Gasteiger partial charge in [0.05, 0.1) is 6.10 Å². The van der Waals surface area contributed by atoms with E-state index in [2.05, 4.69) is 30.2 Å². The van der Waals surface area contributed by atoms with E-state index in [9.17, 15) is 5.11 Å². The van der Waals surface area contributed by atoms with Crippen molar-refractivity contribution < 1.29 is 9.84 Å². The maximum absolute atomic E-state index is 9.84. The first-order valence-corrected chi connectivity index (χ1v) is 8.09. The molecule has 4 heteroatoms. The molecular weight excluding hydrogens is 258 g/mol. The molecule has 1 saturated heterocycles. The SMILES string of the molecule is CSc1ccc(OCCN2CCC(C)C(O)C2)cc1. The van der Waals surface area contributed by atoms with E-state index in [4.69, 9.17) is 4.74 Å². The Hall–Kier alpha value is -0.710. The highest BCUT2D eigenvalue weighted by Crippen LogP contribution is 2.19. The van der Waals surface area contributed by atoms with Gasteiger partial charge in [0.1, 0.15) is 12.4 Å². The van der Waals surface area contributed by atoms with Gasteiger partial charge < -0.3 is 9.84 Å². The molecule has 1 fully saturated rings. The van der Waals surface area contributed by atoms with Gasteiger partial charge in [-0.15, -0.1) is 11.8 Å². The van der Waals surface area contributed by atoms with Crippen molar-refractivity contribution in [3.63, 3.8) is 0 Å². The number of nitrogens with zero attached hydrogens (tertiary/aromatic N) is 1. The van der Waals surface area contributed by atoms with Crippen molar-refractivity contribution in [2.24, 2.45) is 5.92 Å². The number of rotatable bonds is 5. The molecule has 1 N–H and O–H groups in total. The van der Waals surface area contributed by atoms with Crippen molar-refractivity contribution in [3.8, 4) is 5.75 Å². The Morgan fingerprint density at radius 1 is 1.37 bits per heavy atom. The first kappa shape index (κ1) is 14.7. The van der Waals surface area contributed by atoms with Crippen LogP contribution in [0.5, 0.6) is 5.75 Å². The number of ether oxygens (including phenoxy) is 1. The van der Waals surface area contributed by atoms with Crippen LogP contribution in [0.25, 0.3) is 0 Å². The molecule has 19 heavy (non-hydrogen) atoms. The summed E-state index contributed by atoms with van der Waals surface area (Å²) in [6, 6.07) is 8.18. The zero-order valence-electron chi connectivity index (χ0n) is 11.7. The highest BCUT2D eigenvalue weighted by atomic mass is 32.2. The lowest BCUT2D eigenvalue weighted by atomic mass is 9.96. The summed E-state index contributed by atoms with van der Waals surface area (Å²) in [7, 11) is 0. The lowest BCUT2D eigenvalue weighted by Crippen LogP contribution is -2.44. The highest BCUT2D eigenvalue weighted by molar-refractivity contribution is 7.98. The molecule has 0 saturated carbocycles. The lowest BCUT2D eigenvalue weighted by Gasteiger charge is -2.34. The number of hydrogen-bond acceptors (Lipinski definition) is 4. The fraction of sp³-hybridized carbons (Fsp3) is 0.600. The summed E-state index contributed by atoms with van der Waals surface area (Å²) < 4.78 is 5.74. The summed E-state index contributed by atoms with van der Waals surface area (Å²) in [5.74, 6) is 1.35. The topological polar surface area (TPSA) is 32.7 Å². The summed E-state index contributed by atoms with van der Waals surface area (Å²) in [6.45, 7) is 5.52. The number of piperidine rings is 1. The number of thioether (sulfide) groups is 1. The minimum Gasteiger partial charge on any atom is -0.492 e. The van der Waals surface area contributed by atoms with Crippen molar-refractivity contribution in [2.75, 3.05) is 32.5 Å². The zero-order chi connectivity index (χ0) is 13.7. The summed E-state index contributed by atoms with van der Waals surface area (Å²) in [5.41, 5.74) is 0. The number of hydrogen-bond donors (Lipinski definition) is 1. The third kappa shape index (κ3) is 4.41. The molecule has 3 nitrogen and oxygen atoms in total. The fourth-order valence-corrected chi connectivity index (χ4v) is 2.69. The van der Waals surface area contributed by atoms with Crippen LogP contribution >= 0.6 is 11.8 Å². The molecular formula is C15H23NO2S. The van der Waals surface area contributed by atoms with Crippen molar-refractivity contribution in [2.45, 2.75) is 24.3 Å². The molecule has 1 aliphatic rings. The molecule has 1 aromatic rings. The van der Waals surface area contributed by atoms with E-state index in [-0.39, 0.29) is 6.10 Å². The molecule has 2 unspecified atom stereocenters. The Kier molecular flexibility index (Phi) is 5.55. The maximum Gasteiger partial charge on any atom is 0.119 e. The second kappa shape index (κ2) is 7.17. The van der Waals surface area contributed by atoms with E-state index in [0.717, 1.165) is 31.8 Å². The van der Waals surface area contributed by atoms with Gasteiger partial charge in [-0.2, -0.15) is 0 Å². The largest absolute Gasteiger partial charge is 0.492 e. The summed E-state index contributed by atoms with van der Waals surface area (Å²) >= 11 is 1.73. The van der Waals surface area contributed by atoms with Gasteiger partial charge in [0, 0.05) is 18.0 Å². The minimum absolute atomic E-state index is 0.186. The molecule has 0 radical (unpaired) electrons. The lowest BCUT2D eigenvalue weighted by molar-refractivity contribution is 0.0244. The molecule has 0 aliphatic carbocycles. The van der Waals surface area contributed by atoms with E-state index in [1.165, 1.54) is 4.90 Å². The molecule has 2 rings (SSSR count). The second-order valence-electron chi connectivity index (χ2n) is 5.16. The van der Waals surface area contributed by atoms with Crippen LogP contribution in [0.1, 0.15) is 13.3 Å².